The summed E-state index contributed by atoms with van der Waals surface area (Å²) in [5.41, 5.74) is 2.19. The van der Waals surface area contributed by atoms with Crippen LogP contribution in [-0.4, -0.2) is 17.4 Å². The molecule has 0 bridgehead atoms. The lowest BCUT2D eigenvalue weighted by Gasteiger charge is -2.08. The van der Waals surface area contributed by atoms with E-state index in [0.29, 0.717) is 23.6 Å². The maximum absolute atomic E-state index is 12.1. The summed E-state index contributed by atoms with van der Waals surface area (Å²) in [6, 6.07) is 9.01. The van der Waals surface area contributed by atoms with Gasteiger partial charge in [0.25, 0.3) is 0 Å². The largest absolute Gasteiger partial charge is 0.489 e. The predicted octanol–water partition coefficient (Wildman–Crippen LogP) is 3.12. The number of H-pyrrole nitrogens is 1. The van der Waals surface area contributed by atoms with E-state index in [9.17, 15) is 4.79 Å². The summed E-state index contributed by atoms with van der Waals surface area (Å²) in [5, 5.41) is 0. The van der Waals surface area contributed by atoms with Crippen molar-refractivity contribution in [2.75, 3.05) is 6.61 Å². The Labute approximate surface area is 106 Å². The SMILES string of the molecule is C=CCOc1cc(C(=O)c2ccc[nH]2)ccc1C. The van der Waals surface area contributed by atoms with Gasteiger partial charge in [0.05, 0.1) is 5.69 Å². The van der Waals surface area contributed by atoms with E-state index in [1.807, 2.05) is 13.0 Å². The van der Waals surface area contributed by atoms with Gasteiger partial charge in [0.1, 0.15) is 12.4 Å². The number of benzene rings is 1. The molecule has 92 valence electrons. The molecule has 1 N–H and O–H groups in total. The van der Waals surface area contributed by atoms with Crippen molar-refractivity contribution in [2.45, 2.75) is 6.92 Å². The number of carbonyl (C=O) groups is 1. The lowest BCUT2D eigenvalue weighted by molar-refractivity contribution is 0.103. The fourth-order valence-corrected chi connectivity index (χ4v) is 1.67. The van der Waals surface area contributed by atoms with Gasteiger partial charge in [0.2, 0.25) is 5.78 Å². The second-order valence-corrected chi connectivity index (χ2v) is 3.99. The van der Waals surface area contributed by atoms with E-state index >= 15 is 0 Å². The van der Waals surface area contributed by atoms with E-state index in [2.05, 4.69) is 11.6 Å². The number of hydrogen-bond donors (Lipinski definition) is 1. The van der Waals surface area contributed by atoms with Crippen molar-refractivity contribution in [3.8, 4) is 5.75 Å². The van der Waals surface area contributed by atoms with Crippen LogP contribution in [0.25, 0.3) is 0 Å². The molecule has 3 heteroatoms. The summed E-state index contributed by atoms with van der Waals surface area (Å²) >= 11 is 0. The van der Waals surface area contributed by atoms with Crippen LogP contribution in [-0.2, 0) is 0 Å². The predicted molar refractivity (Wildman–Crippen MR) is 71.1 cm³/mol. The van der Waals surface area contributed by atoms with E-state index < -0.39 is 0 Å². The molecule has 0 atom stereocenters. The molecule has 1 aromatic carbocycles. The molecule has 0 radical (unpaired) electrons. The summed E-state index contributed by atoms with van der Waals surface area (Å²) in [7, 11) is 0. The third kappa shape index (κ3) is 2.51. The summed E-state index contributed by atoms with van der Waals surface area (Å²) < 4.78 is 5.51. The number of ether oxygens (including phenoxy) is 1. The van der Waals surface area contributed by atoms with Gasteiger partial charge in [0.15, 0.2) is 0 Å². The molecule has 1 heterocycles. The Morgan fingerprint density at radius 2 is 2.28 bits per heavy atom. The number of aromatic nitrogens is 1. The number of rotatable bonds is 5. The number of hydrogen-bond acceptors (Lipinski definition) is 2. The number of carbonyl (C=O) groups excluding carboxylic acids is 1. The van der Waals surface area contributed by atoms with E-state index in [-0.39, 0.29) is 5.78 Å². The third-order valence-corrected chi connectivity index (χ3v) is 2.65. The molecule has 0 aliphatic carbocycles. The first-order valence-corrected chi connectivity index (χ1v) is 5.75. The van der Waals surface area contributed by atoms with Crippen molar-refractivity contribution in [3.63, 3.8) is 0 Å². The highest BCUT2D eigenvalue weighted by Crippen LogP contribution is 2.21. The Balaban J connectivity index is 2.29. The first kappa shape index (κ1) is 12.2. The molecule has 0 saturated heterocycles. The van der Waals surface area contributed by atoms with Gasteiger partial charge in [0, 0.05) is 11.8 Å². The summed E-state index contributed by atoms with van der Waals surface area (Å²) in [5.74, 6) is 0.677. The minimum Gasteiger partial charge on any atom is -0.489 e. The normalized spacial score (nSPS) is 10.1. The van der Waals surface area contributed by atoms with Crippen LogP contribution in [0, 0.1) is 6.92 Å². The summed E-state index contributed by atoms with van der Waals surface area (Å²) in [4.78, 5) is 15.0. The second-order valence-electron chi connectivity index (χ2n) is 3.99. The van der Waals surface area contributed by atoms with E-state index in [1.54, 1.807) is 36.5 Å². The molecule has 1 aromatic heterocycles. The zero-order valence-electron chi connectivity index (χ0n) is 10.3. The number of nitrogens with one attached hydrogen (secondary N) is 1. The third-order valence-electron chi connectivity index (χ3n) is 2.65. The van der Waals surface area contributed by atoms with E-state index in [1.165, 1.54) is 0 Å². The second kappa shape index (κ2) is 5.36. The van der Waals surface area contributed by atoms with Crippen molar-refractivity contribution >= 4 is 5.78 Å². The van der Waals surface area contributed by atoms with Crippen LogP contribution in [0.4, 0.5) is 0 Å². The Morgan fingerprint density at radius 3 is 2.94 bits per heavy atom. The molecule has 0 saturated carbocycles. The highest BCUT2D eigenvalue weighted by atomic mass is 16.5. The topological polar surface area (TPSA) is 42.1 Å². The highest BCUT2D eigenvalue weighted by molar-refractivity contribution is 6.08. The van der Waals surface area contributed by atoms with Crippen molar-refractivity contribution in [1.82, 2.24) is 4.98 Å². The maximum Gasteiger partial charge on any atom is 0.209 e. The van der Waals surface area contributed by atoms with Crippen molar-refractivity contribution in [2.24, 2.45) is 0 Å². The Hall–Kier alpha value is -2.29. The standard InChI is InChI=1S/C15H15NO2/c1-3-9-18-14-10-12(7-6-11(14)2)15(17)13-5-4-8-16-13/h3-8,10,16H,1,9H2,2H3. The first-order chi connectivity index (χ1) is 8.72. The first-order valence-electron chi connectivity index (χ1n) is 5.75. The molecule has 0 aliphatic rings. The van der Waals surface area contributed by atoms with Gasteiger partial charge in [-0.3, -0.25) is 4.79 Å². The van der Waals surface area contributed by atoms with Gasteiger partial charge < -0.3 is 9.72 Å². The van der Waals surface area contributed by atoms with Crippen LogP contribution in [0.1, 0.15) is 21.6 Å². The molecule has 3 nitrogen and oxygen atoms in total. The number of aromatic amines is 1. The van der Waals surface area contributed by atoms with Gasteiger partial charge in [-0.1, -0.05) is 24.8 Å². The molecule has 2 rings (SSSR count). The van der Waals surface area contributed by atoms with Crippen LogP contribution < -0.4 is 4.74 Å². The summed E-state index contributed by atoms with van der Waals surface area (Å²) in [6.45, 7) is 5.98. The molecular weight excluding hydrogens is 226 g/mol. The number of ketones is 1. The molecule has 18 heavy (non-hydrogen) atoms. The molecule has 0 fully saturated rings. The van der Waals surface area contributed by atoms with Gasteiger partial charge in [-0.05, 0) is 30.7 Å². The molecule has 0 amide bonds. The quantitative estimate of drug-likeness (QED) is 0.645. The Morgan fingerprint density at radius 1 is 1.44 bits per heavy atom. The zero-order valence-corrected chi connectivity index (χ0v) is 10.3. The van der Waals surface area contributed by atoms with Gasteiger partial charge in [-0.15, -0.1) is 0 Å². The minimum absolute atomic E-state index is 0.0385. The molecular formula is C15H15NO2. The van der Waals surface area contributed by atoms with Crippen molar-refractivity contribution in [1.29, 1.82) is 0 Å². The Bertz CT molecular complexity index is 556. The van der Waals surface area contributed by atoms with Crippen LogP contribution >= 0.6 is 0 Å². The van der Waals surface area contributed by atoms with E-state index in [0.717, 1.165) is 5.56 Å². The minimum atomic E-state index is -0.0385. The molecule has 0 aliphatic heterocycles. The molecule has 0 unspecified atom stereocenters. The average Bonchev–Trinajstić information content (AvgIpc) is 2.91. The highest BCUT2D eigenvalue weighted by Gasteiger charge is 2.11. The fourth-order valence-electron chi connectivity index (χ4n) is 1.67. The molecule has 2 aromatic rings. The number of aryl methyl sites for hydroxylation is 1. The zero-order chi connectivity index (χ0) is 13.0. The van der Waals surface area contributed by atoms with Crippen LogP contribution in [0.2, 0.25) is 0 Å². The summed E-state index contributed by atoms with van der Waals surface area (Å²) in [6.07, 6.45) is 3.41. The monoisotopic (exact) mass is 241 g/mol. The fraction of sp³-hybridized carbons (Fsp3) is 0.133. The molecule has 0 spiro atoms. The van der Waals surface area contributed by atoms with Crippen LogP contribution in [0.3, 0.4) is 0 Å². The van der Waals surface area contributed by atoms with Gasteiger partial charge >= 0.3 is 0 Å². The lowest BCUT2D eigenvalue weighted by Crippen LogP contribution is -2.03. The van der Waals surface area contributed by atoms with Crippen molar-refractivity contribution in [3.05, 3.63) is 66.0 Å². The van der Waals surface area contributed by atoms with Gasteiger partial charge in [-0.2, -0.15) is 0 Å². The Kier molecular flexibility index (Phi) is 3.63. The van der Waals surface area contributed by atoms with Crippen LogP contribution in [0.15, 0.2) is 49.2 Å². The maximum atomic E-state index is 12.1. The average molecular weight is 241 g/mol. The van der Waals surface area contributed by atoms with Gasteiger partial charge in [-0.25, -0.2) is 0 Å². The van der Waals surface area contributed by atoms with Crippen LogP contribution in [0.5, 0.6) is 5.75 Å². The lowest BCUT2D eigenvalue weighted by atomic mass is 10.1. The van der Waals surface area contributed by atoms with Crippen molar-refractivity contribution < 1.29 is 9.53 Å². The smallest absolute Gasteiger partial charge is 0.209 e. The van der Waals surface area contributed by atoms with E-state index in [4.69, 9.17) is 4.74 Å².